The molecular weight excluding hydrogens is 1040 g/mol. The average Bonchev–Trinajstić information content (AvgIpc) is 4.06. The smallest absolute Gasteiger partial charge is 0.333 e. The third-order valence-corrected chi connectivity index (χ3v) is 12.2. The molecule has 424 valence electrons. The van der Waals surface area contributed by atoms with E-state index in [1.54, 1.807) is 78.8 Å². The van der Waals surface area contributed by atoms with Crippen LogP contribution < -0.4 is 47.8 Å². The summed E-state index contributed by atoms with van der Waals surface area (Å²) in [5, 5.41) is 29.2. The van der Waals surface area contributed by atoms with Crippen LogP contribution in [0.3, 0.4) is 0 Å². The molecule has 0 saturated carbocycles. The van der Waals surface area contributed by atoms with Gasteiger partial charge in [0.15, 0.2) is 29.4 Å². The predicted octanol–water partition coefficient (Wildman–Crippen LogP) is 2.54. The maximum Gasteiger partial charge on any atom is 0.333 e. The molecular formula is C53H65N15O12. The lowest BCUT2D eigenvalue weighted by molar-refractivity contribution is -0.139. The minimum atomic E-state index is -1.20. The molecule has 0 bridgehead atoms. The Hall–Kier alpha value is -8.89. The molecule has 6 aromatic rings. The van der Waals surface area contributed by atoms with Gasteiger partial charge in [-0.3, -0.25) is 29.7 Å². The van der Waals surface area contributed by atoms with Gasteiger partial charge in [-0.15, -0.1) is 0 Å². The number of nitrogens with zero attached hydrogens (tertiary/aromatic N) is 7. The summed E-state index contributed by atoms with van der Waals surface area (Å²) >= 11 is 0. The summed E-state index contributed by atoms with van der Waals surface area (Å²) in [7, 11) is 1.84. The maximum atomic E-state index is 13.6. The Morgan fingerprint density at radius 2 is 1.59 bits per heavy atom. The minimum absolute atomic E-state index is 0.00234. The number of carboxylic acid groups (broad SMARTS) is 1. The van der Waals surface area contributed by atoms with Gasteiger partial charge in [0.1, 0.15) is 17.5 Å². The molecule has 3 aromatic carbocycles. The topological polar surface area (TPSA) is 368 Å². The molecule has 1 atom stereocenters. The highest BCUT2D eigenvalue weighted by molar-refractivity contribution is 6.27. The highest BCUT2D eigenvalue weighted by atomic mass is 16.5. The lowest BCUT2D eigenvalue weighted by Gasteiger charge is -2.27. The third-order valence-electron chi connectivity index (χ3n) is 12.2. The van der Waals surface area contributed by atoms with Gasteiger partial charge in [-0.2, -0.15) is 15.1 Å². The van der Waals surface area contributed by atoms with E-state index in [4.69, 9.17) is 35.2 Å². The molecule has 11 N–H and O–H groups in total. The second kappa shape index (κ2) is 29.2. The summed E-state index contributed by atoms with van der Waals surface area (Å²) < 4.78 is 26.9. The number of hydrazine groups is 1. The van der Waals surface area contributed by atoms with Crippen molar-refractivity contribution in [3.63, 3.8) is 0 Å². The number of carbonyl (C=O) groups excluding carboxylic acids is 5. The van der Waals surface area contributed by atoms with Gasteiger partial charge in [-0.25, -0.2) is 24.6 Å². The van der Waals surface area contributed by atoms with E-state index in [2.05, 4.69) is 56.8 Å². The van der Waals surface area contributed by atoms with Crippen molar-refractivity contribution in [1.29, 1.82) is 0 Å². The number of aromatic nitrogens is 6. The number of anilines is 4. The number of H-pyrrole nitrogens is 1. The van der Waals surface area contributed by atoms with E-state index in [-0.39, 0.29) is 48.8 Å². The monoisotopic (exact) mass is 1100 g/mol. The molecule has 2 aliphatic rings. The fourth-order valence-corrected chi connectivity index (χ4v) is 8.25. The van der Waals surface area contributed by atoms with E-state index < -0.39 is 23.9 Å². The number of amides is 5. The Kier molecular flexibility index (Phi) is 21.4. The van der Waals surface area contributed by atoms with Crippen molar-refractivity contribution in [2.45, 2.75) is 39.3 Å². The summed E-state index contributed by atoms with van der Waals surface area (Å²) in [6.45, 7) is 10.0. The number of carbonyl (C=O) groups is 6. The molecule has 0 spiro atoms. The molecule has 4 heterocycles. The minimum Gasteiger partial charge on any atom is -0.484 e. The number of aromatic amines is 1. The molecule has 8 rings (SSSR count). The highest BCUT2D eigenvalue weighted by Crippen LogP contribution is 2.43. The Labute approximate surface area is 459 Å². The first-order valence-electron chi connectivity index (χ1n) is 25.8. The van der Waals surface area contributed by atoms with Crippen LogP contribution in [0.1, 0.15) is 58.7 Å². The summed E-state index contributed by atoms with van der Waals surface area (Å²) in [4.78, 5) is 92.6. The van der Waals surface area contributed by atoms with E-state index in [0.29, 0.717) is 153 Å². The van der Waals surface area contributed by atoms with E-state index >= 15 is 0 Å². The molecule has 1 fully saturated rings. The van der Waals surface area contributed by atoms with Crippen LogP contribution >= 0.6 is 0 Å². The number of aliphatic carboxylic acids is 1. The lowest BCUT2D eigenvalue weighted by atomic mass is 10.0. The molecule has 5 amide bonds. The van der Waals surface area contributed by atoms with Gasteiger partial charge in [-0.1, -0.05) is 12.1 Å². The van der Waals surface area contributed by atoms with Crippen molar-refractivity contribution in [1.82, 2.24) is 56.5 Å². The average molecular weight is 1100 g/mol. The van der Waals surface area contributed by atoms with Crippen LogP contribution in [0.2, 0.25) is 0 Å². The van der Waals surface area contributed by atoms with E-state index in [0.717, 1.165) is 5.69 Å². The molecule has 1 aliphatic carbocycles. The van der Waals surface area contributed by atoms with Crippen LogP contribution in [0, 0.1) is 0 Å². The van der Waals surface area contributed by atoms with E-state index in [9.17, 15) is 33.9 Å². The van der Waals surface area contributed by atoms with Crippen molar-refractivity contribution >= 4 is 69.8 Å². The number of ketones is 1. The van der Waals surface area contributed by atoms with Gasteiger partial charge in [-0.05, 0) is 74.9 Å². The number of nitrogen functional groups attached to an aromatic ring is 2. The Morgan fingerprint density at radius 3 is 2.30 bits per heavy atom. The van der Waals surface area contributed by atoms with Crippen LogP contribution in [0.25, 0.3) is 33.7 Å². The van der Waals surface area contributed by atoms with Crippen molar-refractivity contribution in [3.05, 3.63) is 95.3 Å². The van der Waals surface area contributed by atoms with Crippen molar-refractivity contribution in [2.75, 3.05) is 114 Å². The van der Waals surface area contributed by atoms with Crippen LogP contribution in [0.4, 0.5) is 27.9 Å². The number of carboxylic acids is 1. The van der Waals surface area contributed by atoms with Gasteiger partial charge >= 0.3 is 12.0 Å². The van der Waals surface area contributed by atoms with Gasteiger partial charge in [0.2, 0.25) is 11.9 Å². The zero-order valence-corrected chi connectivity index (χ0v) is 44.5. The van der Waals surface area contributed by atoms with Gasteiger partial charge < -0.3 is 66.4 Å². The number of ether oxygens (including phenoxy) is 5. The second-order valence-electron chi connectivity index (χ2n) is 17.9. The zero-order chi connectivity index (χ0) is 57.0. The largest absolute Gasteiger partial charge is 0.484 e. The van der Waals surface area contributed by atoms with Gasteiger partial charge in [0, 0.05) is 68.6 Å². The van der Waals surface area contributed by atoms with Crippen LogP contribution in [0.15, 0.2) is 72.9 Å². The number of hydrogen-bond acceptors (Lipinski definition) is 20. The first-order chi connectivity index (χ1) is 38.7. The van der Waals surface area contributed by atoms with Crippen molar-refractivity contribution in [2.24, 2.45) is 0 Å². The summed E-state index contributed by atoms with van der Waals surface area (Å²) in [6.07, 6.45) is 1.56. The molecule has 80 heavy (non-hydrogen) atoms. The second-order valence-corrected chi connectivity index (χ2v) is 17.9. The Bertz CT molecular complexity index is 3100. The number of fused-ring (bicyclic) bond motifs is 4. The van der Waals surface area contributed by atoms with E-state index in [1.807, 2.05) is 24.9 Å². The maximum absolute atomic E-state index is 13.6. The van der Waals surface area contributed by atoms with Crippen molar-refractivity contribution in [3.8, 4) is 28.3 Å². The molecule has 27 nitrogen and oxygen atoms in total. The molecule has 1 aliphatic heterocycles. The Balaban J connectivity index is 0.000000239. The van der Waals surface area contributed by atoms with Gasteiger partial charge in [0.05, 0.1) is 87.2 Å². The normalized spacial score (nSPS) is 13.0. The number of urea groups is 1. The highest BCUT2D eigenvalue weighted by Gasteiger charge is 2.35. The fourth-order valence-electron chi connectivity index (χ4n) is 8.25. The number of rotatable bonds is 26. The number of nitrogens with two attached hydrogens (primary N) is 2. The fraction of sp³-hybridized carbons (Fsp3) is 0.377. The molecule has 0 radical (unpaired) electrons. The molecule has 1 unspecified atom stereocenters. The molecule has 1 saturated heterocycles. The summed E-state index contributed by atoms with van der Waals surface area (Å²) in [5.74, 6) is -1.86. The quantitative estimate of drug-likeness (QED) is 0.0352. The SMILES string of the molecule is CCNC(=O)CCC(NC(=O)c1ccc(N(C)Cc2cnc3nc(N)nc(N)c3n2)cc1)C(=O)O.CCOCCOCCOCCNC(=O)COc1ccc(-c2n[nH]c3c2C(=O)c2c(NC(=O)NN4CCOCC4)cccc2-3)cc1. The summed E-state index contributed by atoms with van der Waals surface area (Å²) in [5.41, 5.74) is 20.3. The first-order valence-corrected chi connectivity index (χ1v) is 25.8. The number of hydrogen-bond donors (Lipinski definition) is 9. The Morgan fingerprint density at radius 1 is 0.863 bits per heavy atom. The van der Waals surface area contributed by atoms with Gasteiger partial charge in [0.25, 0.3) is 11.8 Å². The van der Waals surface area contributed by atoms with Crippen LogP contribution in [-0.2, 0) is 39.9 Å². The molecule has 27 heteroatoms. The van der Waals surface area contributed by atoms with Crippen LogP contribution in [0.5, 0.6) is 5.75 Å². The predicted molar refractivity (Wildman–Crippen MR) is 293 cm³/mol. The van der Waals surface area contributed by atoms with Crippen molar-refractivity contribution < 1.29 is 57.6 Å². The summed E-state index contributed by atoms with van der Waals surface area (Å²) in [6, 6.07) is 17.3. The standard InChI is InChI=1S/C31H38N6O8.C22H27N9O4/c1-2-41-16-17-44-19-18-42-13-10-32-25(38)20-45-22-8-6-21(7-9-22)28-27-29(35-34-28)23-4-3-5-24(26(23)30(27)39)33-31(40)36-37-11-14-43-15-12-37;1-3-25-16(32)9-8-15(21(34)35)28-20(33)12-4-6-14(7-5-12)31(2)11-13-10-26-19-17(27-13)18(23)29-22(24)30-19/h3-9H,2,10-20H2,1H3,(H,32,38)(H,34,35)(H2,33,36,40);4-7,10,15H,3,8-9,11H2,1-2H3,(H,25,32)(H,28,33)(H,34,35)(H4,23,24,26,29,30). The van der Waals surface area contributed by atoms with E-state index in [1.165, 1.54) is 0 Å². The first kappa shape index (κ1) is 58.8. The van der Waals surface area contributed by atoms with Crippen LogP contribution in [-0.4, -0.2) is 174 Å². The number of benzene rings is 3. The number of morpholine rings is 1. The third kappa shape index (κ3) is 16.3. The molecule has 3 aromatic heterocycles. The lowest BCUT2D eigenvalue weighted by Crippen LogP contribution is -2.49. The zero-order valence-electron chi connectivity index (χ0n) is 44.5. The number of nitrogens with one attached hydrogen (secondary N) is 6.